The maximum Gasteiger partial charge on any atom is 0.119 e. The van der Waals surface area contributed by atoms with E-state index < -0.39 is 0 Å². The average Bonchev–Trinajstić information content (AvgIpc) is 2.50. The van der Waals surface area contributed by atoms with E-state index in [1.54, 1.807) is 0 Å². The van der Waals surface area contributed by atoms with E-state index in [1.165, 1.54) is 19.3 Å². The van der Waals surface area contributed by atoms with Gasteiger partial charge in [-0.05, 0) is 19.3 Å². The summed E-state index contributed by atoms with van der Waals surface area (Å²) in [6.07, 6.45) is 5.87. The second-order valence-corrected chi connectivity index (χ2v) is 4.05. The first-order chi connectivity index (χ1) is 6.26. The van der Waals surface area contributed by atoms with Crippen LogP contribution in [0.15, 0.2) is 0 Å². The molecule has 0 radical (unpaired) electrons. The van der Waals surface area contributed by atoms with Gasteiger partial charge in [0.15, 0.2) is 0 Å². The molecular formula is C11H23NO. The summed E-state index contributed by atoms with van der Waals surface area (Å²) in [4.78, 5) is 0. The Morgan fingerprint density at radius 2 is 1.85 bits per heavy atom. The number of ether oxygens (including phenoxy) is 1. The fourth-order valence-electron chi connectivity index (χ4n) is 2.16. The van der Waals surface area contributed by atoms with E-state index in [-0.39, 0.29) is 5.72 Å². The minimum atomic E-state index is 0.0180. The normalized spacial score (nSPS) is 26.5. The van der Waals surface area contributed by atoms with Crippen LogP contribution in [-0.2, 0) is 4.74 Å². The molecule has 1 atom stereocenters. The van der Waals surface area contributed by atoms with E-state index in [1.807, 2.05) is 0 Å². The van der Waals surface area contributed by atoms with Gasteiger partial charge in [0.25, 0.3) is 0 Å². The van der Waals surface area contributed by atoms with Gasteiger partial charge in [0, 0.05) is 6.04 Å². The molecule has 0 bridgehead atoms. The molecule has 1 aliphatic rings. The maximum atomic E-state index is 5.91. The highest BCUT2D eigenvalue weighted by molar-refractivity contribution is 4.87. The lowest BCUT2D eigenvalue weighted by Gasteiger charge is -2.28. The summed E-state index contributed by atoms with van der Waals surface area (Å²) in [5, 5.41) is 3.63. The van der Waals surface area contributed by atoms with Crippen molar-refractivity contribution in [2.24, 2.45) is 0 Å². The molecule has 0 aromatic carbocycles. The standard InChI is InChI=1S/C11H23NO/c1-4-7-11(8-5-2)12-10(6-3)9-13-11/h10,12H,4-9H2,1-3H3/t10-/m0/s1. The quantitative estimate of drug-likeness (QED) is 0.711. The van der Waals surface area contributed by atoms with Gasteiger partial charge in [0.05, 0.1) is 6.61 Å². The Bertz CT molecular complexity index is 141. The van der Waals surface area contributed by atoms with Crippen LogP contribution in [0.1, 0.15) is 52.9 Å². The van der Waals surface area contributed by atoms with E-state index in [0.717, 1.165) is 19.4 Å². The molecular weight excluding hydrogens is 162 g/mol. The van der Waals surface area contributed by atoms with E-state index in [2.05, 4.69) is 26.1 Å². The molecule has 1 aliphatic heterocycles. The highest BCUT2D eigenvalue weighted by Gasteiger charge is 2.36. The number of hydrogen-bond acceptors (Lipinski definition) is 2. The molecule has 1 heterocycles. The predicted octanol–water partition coefficient (Wildman–Crippen LogP) is 2.68. The third-order valence-corrected chi connectivity index (χ3v) is 2.83. The molecule has 0 spiro atoms. The molecule has 2 nitrogen and oxygen atoms in total. The Kier molecular flexibility index (Phi) is 4.20. The van der Waals surface area contributed by atoms with Crippen molar-refractivity contribution in [3.63, 3.8) is 0 Å². The minimum absolute atomic E-state index is 0.0180. The van der Waals surface area contributed by atoms with Gasteiger partial charge in [0.2, 0.25) is 0 Å². The zero-order valence-corrected chi connectivity index (χ0v) is 9.23. The van der Waals surface area contributed by atoms with Crippen LogP contribution in [-0.4, -0.2) is 18.4 Å². The van der Waals surface area contributed by atoms with Gasteiger partial charge in [-0.15, -0.1) is 0 Å². The Morgan fingerprint density at radius 1 is 1.23 bits per heavy atom. The van der Waals surface area contributed by atoms with Crippen molar-refractivity contribution in [1.82, 2.24) is 5.32 Å². The lowest BCUT2D eigenvalue weighted by molar-refractivity contribution is -0.0249. The first-order valence-corrected chi connectivity index (χ1v) is 5.68. The molecule has 0 amide bonds. The van der Waals surface area contributed by atoms with Crippen molar-refractivity contribution in [1.29, 1.82) is 0 Å². The van der Waals surface area contributed by atoms with Crippen LogP contribution in [0.4, 0.5) is 0 Å². The van der Waals surface area contributed by atoms with Crippen molar-refractivity contribution < 1.29 is 4.74 Å². The van der Waals surface area contributed by atoms with Crippen molar-refractivity contribution in [2.75, 3.05) is 6.61 Å². The molecule has 0 aromatic heterocycles. The third kappa shape index (κ3) is 2.68. The second-order valence-electron chi connectivity index (χ2n) is 4.05. The Morgan fingerprint density at radius 3 is 2.23 bits per heavy atom. The lowest BCUT2D eigenvalue weighted by Crippen LogP contribution is -2.43. The van der Waals surface area contributed by atoms with Crippen LogP contribution < -0.4 is 5.32 Å². The van der Waals surface area contributed by atoms with Crippen molar-refractivity contribution in [3.05, 3.63) is 0 Å². The molecule has 78 valence electrons. The van der Waals surface area contributed by atoms with Crippen LogP contribution in [0.2, 0.25) is 0 Å². The van der Waals surface area contributed by atoms with Crippen LogP contribution in [0.3, 0.4) is 0 Å². The molecule has 1 saturated heterocycles. The monoisotopic (exact) mass is 185 g/mol. The van der Waals surface area contributed by atoms with Gasteiger partial charge < -0.3 is 4.74 Å². The summed E-state index contributed by atoms with van der Waals surface area (Å²) in [6.45, 7) is 7.56. The smallest absolute Gasteiger partial charge is 0.119 e. The Labute approximate surface area is 82.0 Å². The summed E-state index contributed by atoms with van der Waals surface area (Å²) >= 11 is 0. The summed E-state index contributed by atoms with van der Waals surface area (Å²) in [5.74, 6) is 0. The molecule has 2 heteroatoms. The van der Waals surface area contributed by atoms with E-state index >= 15 is 0 Å². The molecule has 1 rings (SSSR count). The fraction of sp³-hybridized carbons (Fsp3) is 1.00. The summed E-state index contributed by atoms with van der Waals surface area (Å²) in [7, 11) is 0. The van der Waals surface area contributed by atoms with Crippen molar-refractivity contribution >= 4 is 0 Å². The van der Waals surface area contributed by atoms with Crippen LogP contribution in [0.5, 0.6) is 0 Å². The van der Waals surface area contributed by atoms with Gasteiger partial charge in [-0.3, -0.25) is 5.32 Å². The van der Waals surface area contributed by atoms with Gasteiger partial charge in [-0.2, -0.15) is 0 Å². The van der Waals surface area contributed by atoms with Crippen molar-refractivity contribution in [2.45, 2.75) is 64.6 Å². The van der Waals surface area contributed by atoms with Crippen LogP contribution in [0, 0.1) is 0 Å². The average molecular weight is 185 g/mol. The Hall–Kier alpha value is -0.0800. The molecule has 0 saturated carbocycles. The topological polar surface area (TPSA) is 21.3 Å². The fourth-order valence-corrected chi connectivity index (χ4v) is 2.16. The summed E-state index contributed by atoms with van der Waals surface area (Å²) < 4.78 is 5.91. The van der Waals surface area contributed by atoms with Crippen LogP contribution >= 0.6 is 0 Å². The maximum absolute atomic E-state index is 5.91. The molecule has 13 heavy (non-hydrogen) atoms. The summed E-state index contributed by atoms with van der Waals surface area (Å²) in [5.41, 5.74) is 0.0180. The van der Waals surface area contributed by atoms with Crippen LogP contribution in [0.25, 0.3) is 0 Å². The number of rotatable bonds is 5. The summed E-state index contributed by atoms with van der Waals surface area (Å²) in [6, 6.07) is 0.582. The first kappa shape index (κ1) is 11.0. The zero-order valence-electron chi connectivity index (χ0n) is 9.23. The SMILES string of the molecule is CCCC1(CCC)N[C@@H](CC)CO1. The van der Waals surface area contributed by atoms with E-state index in [9.17, 15) is 0 Å². The van der Waals surface area contributed by atoms with Gasteiger partial charge in [-0.25, -0.2) is 0 Å². The van der Waals surface area contributed by atoms with Crippen molar-refractivity contribution in [3.8, 4) is 0 Å². The number of hydrogen-bond donors (Lipinski definition) is 1. The minimum Gasteiger partial charge on any atom is -0.359 e. The zero-order chi connectivity index (χ0) is 9.73. The van der Waals surface area contributed by atoms with E-state index in [4.69, 9.17) is 4.74 Å². The Balaban J connectivity index is 2.49. The van der Waals surface area contributed by atoms with E-state index in [0.29, 0.717) is 6.04 Å². The largest absolute Gasteiger partial charge is 0.359 e. The highest BCUT2D eigenvalue weighted by Crippen LogP contribution is 2.27. The van der Waals surface area contributed by atoms with Gasteiger partial charge in [-0.1, -0.05) is 33.6 Å². The predicted molar refractivity (Wildman–Crippen MR) is 55.7 cm³/mol. The molecule has 1 fully saturated rings. The second kappa shape index (κ2) is 4.97. The first-order valence-electron chi connectivity index (χ1n) is 5.68. The highest BCUT2D eigenvalue weighted by atomic mass is 16.5. The molecule has 1 N–H and O–H groups in total. The molecule has 0 unspecified atom stereocenters. The molecule has 0 aromatic rings. The third-order valence-electron chi connectivity index (χ3n) is 2.83. The van der Waals surface area contributed by atoms with Gasteiger partial charge in [0.1, 0.15) is 5.72 Å². The van der Waals surface area contributed by atoms with Gasteiger partial charge >= 0.3 is 0 Å². The number of nitrogens with one attached hydrogen (secondary N) is 1. The lowest BCUT2D eigenvalue weighted by atomic mass is 10.0. The molecule has 0 aliphatic carbocycles.